The number of rotatable bonds is 17. The number of hydrogen-bond acceptors (Lipinski definition) is 4. The Kier molecular flexibility index (Phi) is 16.8. The van der Waals surface area contributed by atoms with E-state index in [1.165, 1.54) is 64.2 Å². The molecule has 4 heteroatoms. The lowest BCUT2D eigenvalue weighted by Gasteiger charge is -2.13. The van der Waals surface area contributed by atoms with Gasteiger partial charge in [0, 0.05) is 0 Å². The first-order valence-electron chi connectivity index (χ1n) is 9.38. The summed E-state index contributed by atoms with van der Waals surface area (Å²) >= 11 is 0. The van der Waals surface area contributed by atoms with E-state index in [-0.39, 0.29) is 6.61 Å². The van der Waals surface area contributed by atoms with Gasteiger partial charge in [-0.2, -0.15) is 0 Å². The van der Waals surface area contributed by atoms with Gasteiger partial charge in [-0.1, -0.05) is 83.3 Å². The number of nitrogens with two attached hydrogens (primary N) is 1. The molecule has 0 aromatic carbocycles. The van der Waals surface area contributed by atoms with E-state index in [2.05, 4.69) is 11.7 Å². The molecule has 0 radical (unpaired) electrons. The molecule has 0 aliphatic rings. The highest BCUT2D eigenvalue weighted by atomic mass is 16.5. The fourth-order valence-electron chi connectivity index (χ4n) is 2.55. The Morgan fingerprint density at radius 3 is 2.00 bits per heavy atom. The zero-order valence-electron chi connectivity index (χ0n) is 14.9. The number of ether oxygens (including phenoxy) is 1. The van der Waals surface area contributed by atoms with Crippen molar-refractivity contribution in [2.75, 3.05) is 6.61 Å². The molecule has 0 heterocycles. The fourth-order valence-corrected chi connectivity index (χ4v) is 2.55. The summed E-state index contributed by atoms with van der Waals surface area (Å²) < 4.78 is 4.54. The lowest BCUT2D eigenvalue weighted by molar-refractivity contribution is -0.129. The van der Waals surface area contributed by atoms with E-state index in [1.807, 2.05) is 6.08 Å². The molecule has 0 rings (SSSR count). The Labute approximate surface area is 142 Å². The molecule has 136 valence electrons. The highest BCUT2D eigenvalue weighted by Crippen LogP contribution is 2.12. The molecule has 0 spiro atoms. The first-order chi connectivity index (χ1) is 11.2. The molecule has 0 bridgehead atoms. The van der Waals surface area contributed by atoms with Crippen LogP contribution < -0.4 is 5.73 Å². The lowest BCUT2D eigenvalue weighted by atomic mass is 10.0. The molecule has 0 unspecified atom stereocenters. The standard InChI is InChI=1S/C19H37NO3/c1-2-3-4-5-6-7-8-9-10-11-12-13-14-15-19(22)18(20)16-23-17-21/h14-15,17-19,22H,2-13,16,20H2,1H3/b15-14+/t18-,19+/m0/s1. The van der Waals surface area contributed by atoms with Crippen LogP contribution in [0, 0.1) is 0 Å². The predicted molar refractivity (Wildman–Crippen MR) is 96.2 cm³/mol. The molecule has 0 fully saturated rings. The second kappa shape index (κ2) is 17.5. The lowest BCUT2D eigenvalue weighted by Crippen LogP contribution is -2.37. The SMILES string of the molecule is CCCCCCCCCCCCC/C=C/[C@@H](O)[C@@H](N)COC=O. The van der Waals surface area contributed by atoms with Crippen LogP contribution in [0.4, 0.5) is 0 Å². The molecule has 4 nitrogen and oxygen atoms in total. The summed E-state index contributed by atoms with van der Waals surface area (Å²) in [6, 6.07) is -0.547. The largest absolute Gasteiger partial charge is 0.466 e. The van der Waals surface area contributed by atoms with E-state index in [0.717, 1.165) is 12.8 Å². The number of hydrogen-bond donors (Lipinski definition) is 2. The van der Waals surface area contributed by atoms with Gasteiger partial charge in [0.15, 0.2) is 0 Å². The van der Waals surface area contributed by atoms with E-state index in [9.17, 15) is 9.90 Å². The van der Waals surface area contributed by atoms with Gasteiger partial charge in [0.05, 0.1) is 12.1 Å². The van der Waals surface area contributed by atoms with E-state index in [0.29, 0.717) is 6.47 Å². The van der Waals surface area contributed by atoms with Crippen LogP contribution in [0.25, 0.3) is 0 Å². The monoisotopic (exact) mass is 327 g/mol. The minimum Gasteiger partial charge on any atom is -0.466 e. The molecule has 0 amide bonds. The van der Waals surface area contributed by atoms with Gasteiger partial charge in [-0.05, 0) is 12.8 Å². The maximum absolute atomic E-state index is 10.0. The fraction of sp³-hybridized carbons (Fsp3) is 0.842. The predicted octanol–water partition coefficient (Wildman–Crippen LogP) is 4.10. The summed E-state index contributed by atoms with van der Waals surface area (Å²) in [6.45, 7) is 2.65. The van der Waals surface area contributed by atoms with E-state index < -0.39 is 12.1 Å². The Hall–Kier alpha value is -0.870. The minimum absolute atomic E-state index is 0.0491. The molecular formula is C19H37NO3. The molecule has 0 aromatic rings. The number of carbonyl (C=O) groups is 1. The van der Waals surface area contributed by atoms with Gasteiger partial charge < -0.3 is 15.6 Å². The zero-order valence-corrected chi connectivity index (χ0v) is 14.9. The van der Waals surface area contributed by atoms with Crippen molar-refractivity contribution in [3.05, 3.63) is 12.2 Å². The number of aliphatic hydroxyl groups excluding tert-OH is 1. The number of unbranched alkanes of at least 4 members (excludes halogenated alkanes) is 11. The van der Waals surface area contributed by atoms with Crippen LogP contribution in [-0.2, 0) is 9.53 Å². The van der Waals surface area contributed by atoms with Crippen molar-refractivity contribution in [3.8, 4) is 0 Å². The third-order valence-corrected chi connectivity index (χ3v) is 4.10. The van der Waals surface area contributed by atoms with Crippen molar-refractivity contribution in [2.45, 2.75) is 96.1 Å². The molecule has 0 saturated heterocycles. The van der Waals surface area contributed by atoms with Gasteiger partial charge >= 0.3 is 0 Å². The average molecular weight is 328 g/mol. The first-order valence-corrected chi connectivity index (χ1v) is 9.38. The molecule has 0 saturated carbocycles. The summed E-state index contributed by atoms with van der Waals surface area (Å²) in [6.07, 6.45) is 18.6. The van der Waals surface area contributed by atoms with E-state index in [1.54, 1.807) is 6.08 Å². The van der Waals surface area contributed by atoms with Crippen LogP contribution >= 0.6 is 0 Å². The minimum atomic E-state index is -0.748. The molecule has 3 N–H and O–H groups in total. The van der Waals surface area contributed by atoms with Crippen molar-refractivity contribution >= 4 is 6.47 Å². The molecular weight excluding hydrogens is 290 g/mol. The summed E-state index contributed by atoms with van der Waals surface area (Å²) in [5.41, 5.74) is 5.67. The average Bonchev–Trinajstić information content (AvgIpc) is 2.56. The topological polar surface area (TPSA) is 72.6 Å². The van der Waals surface area contributed by atoms with Crippen molar-refractivity contribution in [1.82, 2.24) is 0 Å². The third-order valence-electron chi connectivity index (χ3n) is 4.10. The van der Waals surface area contributed by atoms with Gasteiger partial charge in [-0.25, -0.2) is 0 Å². The Bertz CT molecular complexity index is 282. The van der Waals surface area contributed by atoms with E-state index in [4.69, 9.17) is 5.73 Å². The maximum atomic E-state index is 10.0. The van der Waals surface area contributed by atoms with Gasteiger partial charge in [-0.3, -0.25) is 4.79 Å². The Morgan fingerprint density at radius 2 is 1.48 bits per heavy atom. The molecule has 0 aromatic heterocycles. The highest BCUT2D eigenvalue weighted by molar-refractivity contribution is 5.37. The van der Waals surface area contributed by atoms with Crippen LogP contribution in [-0.4, -0.2) is 30.3 Å². The quantitative estimate of drug-likeness (QED) is 0.240. The summed E-state index contributed by atoms with van der Waals surface area (Å²) in [5.74, 6) is 0. The third kappa shape index (κ3) is 15.8. The number of carbonyl (C=O) groups excluding carboxylic acids is 1. The molecule has 0 aliphatic heterocycles. The summed E-state index contributed by atoms with van der Waals surface area (Å²) in [5, 5.41) is 9.71. The second-order valence-corrected chi connectivity index (χ2v) is 6.34. The number of allylic oxidation sites excluding steroid dienone is 1. The van der Waals surface area contributed by atoms with Crippen molar-refractivity contribution in [3.63, 3.8) is 0 Å². The normalized spacial score (nSPS) is 14.0. The van der Waals surface area contributed by atoms with Crippen LogP contribution in [0.1, 0.15) is 84.0 Å². The number of aliphatic hydroxyl groups is 1. The van der Waals surface area contributed by atoms with Crippen molar-refractivity contribution in [2.24, 2.45) is 5.73 Å². The van der Waals surface area contributed by atoms with Gasteiger partial charge in [-0.15, -0.1) is 0 Å². The van der Waals surface area contributed by atoms with Crippen LogP contribution in [0.15, 0.2) is 12.2 Å². The maximum Gasteiger partial charge on any atom is 0.293 e. The first kappa shape index (κ1) is 22.1. The van der Waals surface area contributed by atoms with Gasteiger partial charge in [0.25, 0.3) is 6.47 Å². The molecule has 2 atom stereocenters. The van der Waals surface area contributed by atoms with Gasteiger partial charge in [0.1, 0.15) is 6.61 Å². The Morgan fingerprint density at radius 1 is 0.957 bits per heavy atom. The molecule has 0 aliphatic carbocycles. The van der Waals surface area contributed by atoms with Crippen molar-refractivity contribution in [1.29, 1.82) is 0 Å². The van der Waals surface area contributed by atoms with Crippen molar-refractivity contribution < 1.29 is 14.6 Å². The van der Waals surface area contributed by atoms with Gasteiger partial charge in [0.2, 0.25) is 0 Å². The van der Waals surface area contributed by atoms with Crippen LogP contribution in [0.5, 0.6) is 0 Å². The van der Waals surface area contributed by atoms with E-state index >= 15 is 0 Å². The Balaban J connectivity index is 3.31. The highest BCUT2D eigenvalue weighted by Gasteiger charge is 2.11. The molecule has 23 heavy (non-hydrogen) atoms. The van der Waals surface area contributed by atoms with Crippen LogP contribution in [0.2, 0.25) is 0 Å². The smallest absolute Gasteiger partial charge is 0.293 e. The summed E-state index contributed by atoms with van der Waals surface area (Å²) in [7, 11) is 0. The zero-order chi connectivity index (χ0) is 17.2. The summed E-state index contributed by atoms with van der Waals surface area (Å²) in [4.78, 5) is 10.0. The second-order valence-electron chi connectivity index (χ2n) is 6.34. The van der Waals surface area contributed by atoms with Crippen LogP contribution in [0.3, 0.4) is 0 Å².